The van der Waals surface area contributed by atoms with Gasteiger partial charge < -0.3 is 64.8 Å². The molecule has 4 heterocycles. The predicted octanol–water partition coefficient (Wildman–Crippen LogP) is -1.66. The summed E-state index contributed by atoms with van der Waals surface area (Å²) >= 11 is 0. The van der Waals surface area contributed by atoms with Crippen LogP contribution < -0.4 is 45.0 Å². The maximum atomic E-state index is 12.6. The number of hydrogen-bond donors (Lipinski definition) is 13. The van der Waals surface area contributed by atoms with E-state index in [1.807, 2.05) is 91.0 Å². The van der Waals surface area contributed by atoms with Gasteiger partial charge in [-0.15, -0.1) is 5.16 Å². The molecule has 4 aliphatic rings. The third kappa shape index (κ3) is 21.3. The fourth-order valence-corrected chi connectivity index (χ4v) is 8.62. The number of oxime groups is 1. The minimum Gasteiger partial charge on any atom is -0.400 e. The molecular weight excluding hydrogens is 973 g/mol. The first-order chi connectivity index (χ1) is 35.1. The van der Waals surface area contributed by atoms with E-state index in [-0.39, 0.29) is 36.7 Å². The van der Waals surface area contributed by atoms with Crippen LogP contribution in [0.15, 0.2) is 96.2 Å². The van der Waals surface area contributed by atoms with E-state index in [0.717, 1.165) is 49.5 Å². The normalized spacial score (nSPS) is 22.2. The Bertz CT molecular complexity index is 2150. The van der Waals surface area contributed by atoms with Gasteiger partial charge in [-0.1, -0.05) is 91.0 Å². The molecule has 420 valence electrons. The molecule has 4 fully saturated rings. The van der Waals surface area contributed by atoms with Gasteiger partial charge in [-0.3, -0.25) is 49.2 Å². The minimum absolute atomic E-state index is 0. The second-order valence-corrected chi connectivity index (χ2v) is 18.5. The molecular formula is C51H84N12O12. The third-order valence-electron chi connectivity index (χ3n) is 12.6. The Labute approximate surface area is 440 Å². The lowest BCUT2D eigenvalue weighted by Gasteiger charge is -2.45. The van der Waals surface area contributed by atoms with Gasteiger partial charge in [0.2, 0.25) is 23.6 Å². The Balaban J connectivity index is 0.000000507. The Morgan fingerprint density at radius 3 is 1.43 bits per heavy atom. The van der Waals surface area contributed by atoms with Crippen LogP contribution in [0.25, 0.3) is 0 Å². The molecule has 19 N–H and O–H groups in total. The number of nitrogens with one attached hydrogen (secondary N) is 3. The van der Waals surface area contributed by atoms with E-state index in [1.54, 1.807) is 37.7 Å². The van der Waals surface area contributed by atoms with Gasteiger partial charge in [-0.2, -0.15) is 0 Å². The van der Waals surface area contributed by atoms with Crippen molar-refractivity contribution in [1.82, 2.24) is 37.0 Å². The molecule has 4 unspecified atom stereocenters. The maximum absolute atomic E-state index is 12.6. The number of benzene rings is 3. The zero-order valence-electron chi connectivity index (χ0n) is 44.2. The van der Waals surface area contributed by atoms with Crippen LogP contribution in [0.2, 0.25) is 0 Å². The van der Waals surface area contributed by atoms with E-state index in [9.17, 15) is 34.2 Å². The van der Waals surface area contributed by atoms with Gasteiger partial charge in [-0.25, -0.2) is 5.06 Å². The summed E-state index contributed by atoms with van der Waals surface area (Å²) in [6, 6.07) is 26.9. The van der Waals surface area contributed by atoms with Crippen molar-refractivity contribution in [3.63, 3.8) is 0 Å². The van der Waals surface area contributed by atoms with Crippen LogP contribution in [0.5, 0.6) is 0 Å². The molecule has 24 nitrogen and oxygen atoms in total. The van der Waals surface area contributed by atoms with Crippen molar-refractivity contribution in [1.29, 1.82) is 0 Å². The van der Waals surface area contributed by atoms with Crippen LogP contribution >= 0.6 is 0 Å². The average Bonchev–Trinajstić information content (AvgIpc) is 4.02. The van der Waals surface area contributed by atoms with E-state index < -0.39 is 65.2 Å². The minimum atomic E-state index is -0.935. The molecule has 0 aromatic heterocycles. The molecule has 0 radical (unpaired) electrons. The van der Waals surface area contributed by atoms with Crippen molar-refractivity contribution in [2.24, 2.45) is 28.1 Å². The van der Waals surface area contributed by atoms with E-state index >= 15 is 0 Å². The van der Waals surface area contributed by atoms with E-state index in [2.05, 4.69) is 27.8 Å². The number of aliphatic hydroxyl groups is 5. The van der Waals surface area contributed by atoms with Crippen LogP contribution in [0.1, 0.15) is 63.1 Å². The fourth-order valence-electron chi connectivity index (χ4n) is 8.62. The number of hydrogen-bond acceptors (Lipinski definition) is 19. The first kappa shape index (κ1) is 67.0. The van der Waals surface area contributed by atoms with Crippen LogP contribution in [-0.4, -0.2) is 184 Å². The number of β-lactam (4-membered cyclic amide) rings is 2. The molecule has 3 aromatic rings. The van der Waals surface area contributed by atoms with Crippen LogP contribution in [0.4, 0.5) is 0 Å². The van der Waals surface area contributed by atoms with Gasteiger partial charge in [0.05, 0.1) is 31.5 Å². The maximum Gasteiger partial charge on any atom is 0.268 e. The quantitative estimate of drug-likeness (QED) is 0.0363. The standard InChI is InChI=1S/C19H28N4O4.C12H22N4O3.C8H9NO.C7H8O.C4H10N2O2.CH4O.H3N/c1-13(24)16(17(20)25)22(2)10-15-8-9-19(21-15)12-23(18(19)26)27-11-14-6-4-3-5-7-14;1-7(17)9(10(13)18)16(2)5-8-3-4-12(15-8)6-14-11(12)19;1-9-10-7-8-5-3-2-4-6-8;8-6-7-4-2-1-3-5-7;1-2(7)3(5)4(6)8;1-2;/h3-7,13,15-16,21,24H,8-12H2,1-2H3,(H2,20,25);7-9,15,17H,3-6H2,1-2H3,(H2,13,18)(H,14,19);2-6H,1,7H2;1-5,8H,6H2;2-3,7H,5H2,1H3,(H2,6,8);2H,1H3;1H3/t13-,15?,16+,19?;7-,8?,9+,12?;;;2-,3+;;/m11..1../s1. The molecule has 7 rings (SSSR count). The van der Waals surface area contributed by atoms with E-state index in [4.69, 9.17) is 47.9 Å². The Morgan fingerprint density at radius 1 is 0.720 bits per heavy atom. The molecule has 4 aliphatic heterocycles. The highest BCUT2D eigenvalue weighted by Crippen LogP contribution is 2.35. The molecule has 0 bridgehead atoms. The van der Waals surface area contributed by atoms with Gasteiger partial charge in [0.1, 0.15) is 42.4 Å². The molecule has 3 aromatic carbocycles. The summed E-state index contributed by atoms with van der Waals surface area (Å²) in [6.07, 6.45) is 0.711. The predicted molar refractivity (Wildman–Crippen MR) is 283 cm³/mol. The highest BCUT2D eigenvalue weighted by Gasteiger charge is 2.57. The first-order valence-electron chi connectivity index (χ1n) is 24.2. The molecule has 0 saturated carbocycles. The van der Waals surface area contributed by atoms with Gasteiger partial charge in [0.15, 0.2) is 0 Å². The lowest BCUT2D eigenvalue weighted by Crippen LogP contribution is -2.72. The third-order valence-corrected chi connectivity index (χ3v) is 12.6. The zero-order valence-corrected chi connectivity index (χ0v) is 44.2. The van der Waals surface area contributed by atoms with Gasteiger partial charge >= 0.3 is 0 Å². The lowest BCUT2D eigenvalue weighted by molar-refractivity contribution is -0.231. The summed E-state index contributed by atoms with van der Waals surface area (Å²) in [4.78, 5) is 71.0. The van der Waals surface area contributed by atoms with Gasteiger partial charge in [0.25, 0.3) is 5.91 Å². The van der Waals surface area contributed by atoms with Crippen LogP contribution in [0, 0.1) is 0 Å². The molecule has 10 atom stereocenters. The number of primary amides is 3. The number of likely N-dealkylation sites (N-methyl/N-ethyl adjacent to an activating group) is 2. The van der Waals surface area contributed by atoms with Gasteiger partial charge in [-0.05, 0) is 77.2 Å². The zero-order chi connectivity index (χ0) is 55.6. The molecule has 0 aliphatic carbocycles. The van der Waals surface area contributed by atoms with Crippen molar-refractivity contribution in [3.8, 4) is 0 Å². The first-order valence-corrected chi connectivity index (χ1v) is 24.2. The number of carbonyl (C=O) groups excluding carboxylic acids is 5. The Hall–Kier alpha value is -6.00. The largest absolute Gasteiger partial charge is 0.400 e. The average molecular weight is 1060 g/mol. The molecule has 75 heavy (non-hydrogen) atoms. The molecule has 24 heteroatoms. The number of aliphatic hydroxyl groups excluding tert-OH is 5. The Kier molecular flexibility index (Phi) is 30.2. The second-order valence-electron chi connectivity index (χ2n) is 18.5. The number of carbonyl (C=O) groups is 5. The van der Waals surface area contributed by atoms with Crippen LogP contribution in [-0.2, 0) is 53.5 Å². The topological polar surface area (TPSA) is 402 Å². The lowest BCUT2D eigenvalue weighted by atomic mass is 9.89. The van der Waals surface area contributed by atoms with Crippen molar-refractivity contribution in [2.45, 2.75) is 126 Å². The summed E-state index contributed by atoms with van der Waals surface area (Å²) in [7, 11) is 4.52. The fraction of sp³-hybridized carbons (Fsp3) is 0.529. The Morgan fingerprint density at radius 2 is 1.13 bits per heavy atom. The van der Waals surface area contributed by atoms with Crippen molar-refractivity contribution >= 4 is 36.3 Å². The number of rotatable bonds is 19. The summed E-state index contributed by atoms with van der Waals surface area (Å²) in [5.41, 5.74) is 22.5. The van der Waals surface area contributed by atoms with Crippen molar-refractivity contribution < 1.29 is 59.2 Å². The number of amides is 5. The SMILES string of the molecule is C=NOCc1ccccc1.CO.C[C@@H](O)[C@@H](C(N)=O)N(C)CC1CCC2(CN(OCc3ccccc3)C2=O)N1.C[C@@H](O)[C@@H](C(N)=O)N(C)CC1CCC2(CNC2=O)N1.C[C@@H](O)[C@H](N)C(N)=O.N.OCc1ccccc1. The van der Waals surface area contributed by atoms with E-state index in [0.29, 0.717) is 39.4 Å². The summed E-state index contributed by atoms with van der Waals surface area (Å²) in [5.74, 6) is -1.77. The number of nitrogens with two attached hydrogens (primary N) is 4. The monoisotopic (exact) mass is 1060 g/mol. The highest BCUT2D eigenvalue weighted by atomic mass is 16.7. The highest BCUT2D eigenvalue weighted by molar-refractivity contribution is 5.93. The summed E-state index contributed by atoms with van der Waals surface area (Å²) < 4.78 is 0. The second kappa shape index (κ2) is 33.8. The van der Waals surface area contributed by atoms with E-state index in [1.165, 1.54) is 12.0 Å². The molecule has 2 spiro atoms. The smallest absolute Gasteiger partial charge is 0.268 e. The summed E-state index contributed by atoms with van der Waals surface area (Å²) in [6.45, 7) is 11.0. The molecule has 5 amide bonds. The van der Waals surface area contributed by atoms with Crippen molar-refractivity contribution in [3.05, 3.63) is 108 Å². The number of hydroxylamine groups is 2. The number of nitrogens with zero attached hydrogens (tertiary/aromatic N) is 4. The van der Waals surface area contributed by atoms with Crippen molar-refractivity contribution in [2.75, 3.05) is 47.4 Å². The molecule has 4 saturated heterocycles. The summed E-state index contributed by atoms with van der Waals surface area (Å²) in [5, 5.41) is 57.6. The van der Waals surface area contributed by atoms with Gasteiger partial charge in [0, 0.05) is 45.5 Å². The van der Waals surface area contributed by atoms with Crippen LogP contribution in [0.3, 0.4) is 0 Å².